The van der Waals surface area contributed by atoms with Gasteiger partial charge in [0.1, 0.15) is 17.3 Å². The van der Waals surface area contributed by atoms with Crippen LogP contribution in [-0.4, -0.2) is 56.4 Å². The standard InChI is InChI=1S/C28H41FN2O3/c1-21-18-24(29)13-14-26(21)34-27-12-6-5-11-25(27)28(32,15-7-8-17-33-4)23-10-9-16-31(20-23)22(2)19-30-3/h5-6,11-14,18,22-23,30,32H,7-10,15-17,19-20H2,1-4H3/t22?,23-,28+/m1/s1. The molecule has 1 fully saturated rings. The highest BCUT2D eigenvalue weighted by molar-refractivity contribution is 5.44. The second kappa shape index (κ2) is 12.6. The highest BCUT2D eigenvalue weighted by Crippen LogP contribution is 2.44. The summed E-state index contributed by atoms with van der Waals surface area (Å²) in [6.45, 7) is 7.56. The van der Waals surface area contributed by atoms with Gasteiger partial charge in [-0.3, -0.25) is 4.90 Å². The molecule has 2 aromatic rings. The number of nitrogens with one attached hydrogen (secondary N) is 1. The number of hydrogen-bond acceptors (Lipinski definition) is 5. The molecule has 2 aromatic carbocycles. The van der Waals surface area contributed by atoms with Gasteiger partial charge in [-0.25, -0.2) is 4.39 Å². The molecule has 1 heterocycles. The number of nitrogens with zero attached hydrogens (tertiary/aromatic N) is 1. The number of hydrogen-bond donors (Lipinski definition) is 2. The Morgan fingerprint density at radius 1 is 1.21 bits per heavy atom. The van der Waals surface area contributed by atoms with E-state index in [9.17, 15) is 9.50 Å². The Morgan fingerprint density at radius 2 is 2.00 bits per heavy atom. The van der Waals surface area contributed by atoms with Crippen LogP contribution in [0.15, 0.2) is 42.5 Å². The molecule has 188 valence electrons. The van der Waals surface area contributed by atoms with Crippen LogP contribution in [0.4, 0.5) is 4.39 Å². The number of para-hydroxylation sites is 1. The lowest BCUT2D eigenvalue weighted by Gasteiger charge is -2.45. The summed E-state index contributed by atoms with van der Waals surface area (Å²) < 4.78 is 25.2. The molecule has 0 saturated carbocycles. The quantitative estimate of drug-likeness (QED) is 0.413. The Bertz CT molecular complexity index is 909. The molecule has 3 atom stereocenters. The van der Waals surface area contributed by atoms with E-state index in [0.29, 0.717) is 30.6 Å². The van der Waals surface area contributed by atoms with Gasteiger partial charge in [-0.15, -0.1) is 0 Å². The van der Waals surface area contributed by atoms with Crippen LogP contribution in [-0.2, 0) is 10.3 Å². The number of benzene rings is 2. The van der Waals surface area contributed by atoms with E-state index < -0.39 is 5.60 Å². The number of aliphatic hydroxyl groups is 1. The third kappa shape index (κ3) is 6.57. The number of likely N-dealkylation sites (N-methyl/N-ethyl adjacent to an activating group) is 1. The minimum atomic E-state index is -1.03. The second-order valence-corrected chi connectivity index (χ2v) is 9.62. The van der Waals surface area contributed by atoms with E-state index in [4.69, 9.17) is 9.47 Å². The van der Waals surface area contributed by atoms with E-state index in [1.807, 2.05) is 38.2 Å². The van der Waals surface area contributed by atoms with Crippen molar-refractivity contribution in [2.24, 2.45) is 5.92 Å². The molecule has 1 saturated heterocycles. The van der Waals surface area contributed by atoms with Gasteiger partial charge in [0.2, 0.25) is 0 Å². The summed E-state index contributed by atoms with van der Waals surface area (Å²) in [5.74, 6) is 1.03. The number of likely N-dealkylation sites (tertiary alicyclic amines) is 1. The minimum absolute atomic E-state index is 0.0853. The molecule has 1 aliphatic rings. The molecular formula is C28H41FN2O3. The molecule has 0 spiro atoms. The lowest BCUT2D eigenvalue weighted by Crippen LogP contribution is -2.50. The van der Waals surface area contributed by atoms with E-state index >= 15 is 0 Å². The van der Waals surface area contributed by atoms with E-state index in [1.165, 1.54) is 12.1 Å². The van der Waals surface area contributed by atoms with Crippen LogP contribution in [0.1, 0.15) is 50.2 Å². The molecule has 0 aliphatic carbocycles. The van der Waals surface area contributed by atoms with E-state index in [1.54, 1.807) is 13.2 Å². The second-order valence-electron chi connectivity index (χ2n) is 9.62. The van der Waals surface area contributed by atoms with Crippen molar-refractivity contribution >= 4 is 0 Å². The van der Waals surface area contributed by atoms with Crippen molar-refractivity contribution in [1.82, 2.24) is 10.2 Å². The van der Waals surface area contributed by atoms with Crippen LogP contribution >= 0.6 is 0 Å². The summed E-state index contributed by atoms with van der Waals surface area (Å²) in [5, 5.41) is 15.7. The third-order valence-electron chi connectivity index (χ3n) is 7.12. The third-order valence-corrected chi connectivity index (χ3v) is 7.12. The van der Waals surface area contributed by atoms with E-state index in [0.717, 1.165) is 56.4 Å². The van der Waals surface area contributed by atoms with Crippen molar-refractivity contribution in [2.75, 3.05) is 40.4 Å². The normalized spacial score (nSPS) is 19.5. The Kier molecular flexibility index (Phi) is 9.89. The van der Waals surface area contributed by atoms with Crippen LogP contribution in [0, 0.1) is 18.7 Å². The first-order valence-corrected chi connectivity index (χ1v) is 12.5. The van der Waals surface area contributed by atoms with Gasteiger partial charge < -0.3 is 19.9 Å². The molecule has 1 unspecified atom stereocenters. The Morgan fingerprint density at radius 3 is 2.74 bits per heavy atom. The maximum Gasteiger partial charge on any atom is 0.133 e. The molecule has 3 rings (SSSR count). The van der Waals surface area contributed by atoms with Crippen LogP contribution < -0.4 is 10.1 Å². The molecule has 6 heteroatoms. The van der Waals surface area contributed by atoms with Crippen molar-refractivity contribution in [3.8, 4) is 11.5 Å². The number of rotatable bonds is 12. The number of methoxy groups -OCH3 is 1. The van der Waals surface area contributed by atoms with Crippen LogP contribution in [0.3, 0.4) is 0 Å². The fourth-order valence-corrected chi connectivity index (χ4v) is 5.18. The lowest BCUT2D eigenvalue weighted by atomic mass is 9.73. The monoisotopic (exact) mass is 472 g/mol. The van der Waals surface area contributed by atoms with Gasteiger partial charge in [0.25, 0.3) is 0 Å². The predicted octanol–water partition coefficient (Wildman–Crippen LogP) is 5.25. The molecule has 0 aromatic heterocycles. The van der Waals surface area contributed by atoms with Gasteiger partial charge in [-0.05, 0) is 89.4 Å². The molecule has 5 nitrogen and oxygen atoms in total. The number of piperidine rings is 1. The maximum absolute atomic E-state index is 13.6. The lowest BCUT2D eigenvalue weighted by molar-refractivity contribution is -0.0676. The first-order chi connectivity index (χ1) is 16.4. The zero-order valence-electron chi connectivity index (χ0n) is 21.1. The van der Waals surface area contributed by atoms with Gasteiger partial charge in [0.15, 0.2) is 0 Å². The number of aryl methyl sites for hydroxylation is 1. The van der Waals surface area contributed by atoms with E-state index in [-0.39, 0.29) is 11.7 Å². The largest absolute Gasteiger partial charge is 0.457 e. The maximum atomic E-state index is 13.6. The number of ether oxygens (including phenoxy) is 2. The summed E-state index contributed by atoms with van der Waals surface area (Å²) in [6, 6.07) is 12.7. The Balaban J connectivity index is 1.93. The summed E-state index contributed by atoms with van der Waals surface area (Å²) in [6.07, 6.45) is 4.41. The fourth-order valence-electron chi connectivity index (χ4n) is 5.18. The molecule has 34 heavy (non-hydrogen) atoms. The molecular weight excluding hydrogens is 431 g/mol. The first kappa shape index (κ1) is 26.6. The molecule has 1 aliphatic heterocycles. The average Bonchev–Trinajstić information content (AvgIpc) is 2.84. The molecule has 0 radical (unpaired) electrons. The van der Waals surface area contributed by atoms with Crippen LogP contribution in [0.5, 0.6) is 11.5 Å². The SMILES string of the molecule is CNCC(C)N1CCC[C@@H]([C@@](O)(CCCCOC)c2ccccc2Oc2ccc(F)cc2C)C1. The van der Waals surface area contributed by atoms with Gasteiger partial charge in [-0.1, -0.05) is 18.2 Å². The van der Waals surface area contributed by atoms with Crippen molar-refractivity contribution < 1.29 is 19.0 Å². The topological polar surface area (TPSA) is 54.0 Å². The zero-order chi connectivity index (χ0) is 24.6. The minimum Gasteiger partial charge on any atom is -0.457 e. The summed E-state index contributed by atoms with van der Waals surface area (Å²) in [7, 11) is 3.69. The number of halogens is 1. The average molecular weight is 473 g/mol. The Labute approximate surface area is 204 Å². The van der Waals surface area contributed by atoms with Crippen LogP contribution in [0.2, 0.25) is 0 Å². The first-order valence-electron chi connectivity index (χ1n) is 12.5. The van der Waals surface area contributed by atoms with Crippen molar-refractivity contribution in [2.45, 2.75) is 57.6 Å². The smallest absolute Gasteiger partial charge is 0.133 e. The zero-order valence-corrected chi connectivity index (χ0v) is 21.1. The summed E-state index contributed by atoms with van der Waals surface area (Å²) >= 11 is 0. The summed E-state index contributed by atoms with van der Waals surface area (Å²) in [4.78, 5) is 2.48. The highest BCUT2D eigenvalue weighted by Gasteiger charge is 2.42. The Hall–Kier alpha value is -1.99. The van der Waals surface area contributed by atoms with Gasteiger partial charge >= 0.3 is 0 Å². The van der Waals surface area contributed by atoms with Crippen LogP contribution in [0.25, 0.3) is 0 Å². The molecule has 0 bridgehead atoms. The molecule has 0 amide bonds. The molecule has 2 N–H and O–H groups in total. The fraction of sp³-hybridized carbons (Fsp3) is 0.571. The van der Waals surface area contributed by atoms with E-state index in [2.05, 4.69) is 17.1 Å². The van der Waals surface area contributed by atoms with Crippen molar-refractivity contribution in [3.05, 3.63) is 59.4 Å². The summed E-state index contributed by atoms with van der Waals surface area (Å²) in [5.41, 5.74) is 0.503. The van der Waals surface area contributed by atoms with Gasteiger partial charge in [0, 0.05) is 44.3 Å². The van der Waals surface area contributed by atoms with Gasteiger partial charge in [0.05, 0.1) is 5.60 Å². The van der Waals surface area contributed by atoms with Crippen molar-refractivity contribution in [3.63, 3.8) is 0 Å². The van der Waals surface area contributed by atoms with Gasteiger partial charge in [-0.2, -0.15) is 0 Å². The predicted molar refractivity (Wildman–Crippen MR) is 135 cm³/mol. The number of unbranched alkanes of at least 4 members (excludes halogenated alkanes) is 1. The highest BCUT2D eigenvalue weighted by atomic mass is 19.1. The van der Waals surface area contributed by atoms with Crippen molar-refractivity contribution in [1.29, 1.82) is 0 Å².